The second-order valence-electron chi connectivity index (χ2n) is 3.11. The highest BCUT2D eigenvalue weighted by molar-refractivity contribution is 5.18. The Bertz CT molecular complexity index is 235. The van der Waals surface area contributed by atoms with E-state index in [2.05, 4.69) is 4.89 Å². The predicted octanol–water partition coefficient (Wildman–Crippen LogP) is 1.99. The number of benzene rings is 1. The summed E-state index contributed by atoms with van der Waals surface area (Å²) in [6, 6.07) is 9.79. The van der Waals surface area contributed by atoms with E-state index in [-0.39, 0.29) is 5.92 Å². The summed E-state index contributed by atoms with van der Waals surface area (Å²) in [6.07, 6.45) is -0.712. The van der Waals surface area contributed by atoms with Crippen LogP contribution in [0.5, 0.6) is 0 Å². The lowest BCUT2D eigenvalue weighted by atomic mass is 9.98. The third-order valence-corrected chi connectivity index (χ3v) is 2.05. The van der Waals surface area contributed by atoms with Crippen LogP contribution in [-0.4, -0.2) is 16.7 Å². The van der Waals surface area contributed by atoms with Crippen LogP contribution in [0.15, 0.2) is 30.3 Å². The molecule has 0 saturated carbocycles. The molecule has 0 radical (unpaired) electrons. The molecule has 0 amide bonds. The van der Waals surface area contributed by atoms with Crippen LogP contribution in [0.2, 0.25) is 0 Å². The molecule has 3 heteroatoms. The second-order valence-corrected chi connectivity index (χ2v) is 3.11. The first kappa shape index (κ1) is 10.2. The van der Waals surface area contributed by atoms with E-state index in [4.69, 9.17) is 10.4 Å². The van der Waals surface area contributed by atoms with Crippen LogP contribution >= 0.6 is 0 Å². The van der Waals surface area contributed by atoms with Crippen LogP contribution in [0.1, 0.15) is 24.8 Å². The molecule has 0 spiro atoms. The number of aliphatic hydroxyl groups is 1. The molecule has 0 aromatic heterocycles. The molecular weight excluding hydrogens is 168 g/mol. The molecule has 13 heavy (non-hydrogen) atoms. The van der Waals surface area contributed by atoms with Gasteiger partial charge in [0.15, 0.2) is 6.29 Å². The first-order valence-electron chi connectivity index (χ1n) is 4.27. The van der Waals surface area contributed by atoms with Gasteiger partial charge in [0.25, 0.3) is 0 Å². The summed E-state index contributed by atoms with van der Waals surface area (Å²) in [5.74, 6) is 0.170. The zero-order chi connectivity index (χ0) is 9.68. The van der Waals surface area contributed by atoms with Gasteiger partial charge in [-0.05, 0) is 11.5 Å². The molecular formula is C10H14O3. The Balaban J connectivity index is 2.53. The molecule has 0 saturated heterocycles. The van der Waals surface area contributed by atoms with Gasteiger partial charge >= 0.3 is 0 Å². The van der Waals surface area contributed by atoms with Crippen LogP contribution in [0, 0.1) is 0 Å². The minimum atomic E-state index is -1.10. The zero-order valence-corrected chi connectivity index (χ0v) is 7.55. The minimum Gasteiger partial charge on any atom is -0.366 e. The van der Waals surface area contributed by atoms with Gasteiger partial charge < -0.3 is 5.11 Å². The summed E-state index contributed by atoms with van der Waals surface area (Å²) in [7, 11) is 0. The Morgan fingerprint density at radius 1 is 1.31 bits per heavy atom. The summed E-state index contributed by atoms with van der Waals surface area (Å²) < 4.78 is 0. The van der Waals surface area contributed by atoms with Gasteiger partial charge in [-0.25, -0.2) is 10.1 Å². The van der Waals surface area contributed by atoms with E-state index in [1.807, 2.05) is 37.3 Å². The fraction of sp³-hybridized carbons (Fsp3) is 0.400. The molecule has 0 heterocycles. The van der Waals surface area contributed by atoms with Crippen molar-refractivity contribution in [1.29, 1.82) is 0 Å². The Kier molecular flexibility index (Phi) is 3.89. The average molecular weight is 182 g/mol. The van der Waals surface area contributed by atoms with Gasteiger partial charge in [-0.1, -0.05) is 37.3 Å². The van der Waals surface area contributed by atoms with Crippen molar-refractivity contribution >= 4 is 0 Å². The van der Waals surface area contributed by atoms with Crippen LogP contribution in [0.3, 0.4) is 0 Å². The first-order chi connectivity index (χ1) is 6.24. The topological polar surface area (TPSA) is 49.7 Å². The average Bonchev–Trinajstić information content (AvgIpc) is 2.19. The molecule has 0 fully saturated rings. The Hall–Kier alpha value is -0.900. The largest absolute Gasteiger partial charge is 0.366 e. The van der Waals surface area contributed by atoms with Gasteiger partial charge in [-0.3, -0.25) is 0 Å². The zero-order valence-electron chi connectivity index (χ0n) is 7.55. The van der Waals surface area contributed by atoms with E-state index in [1.54, 1.807) is 0 Å². The quantitative estimate of drug-likeness (QED) is 0.425. The standard InChI is InChI=1S/C10H14O3/c1-8(7-10(11)13-12)9-5-3-2-4-6-9/h2-6,8,10-12H,7H2,1H3. The van der Waals surface area contributed by atoms with Crippen molar-refractivity contribution in [3.8, 4) is 0 Å². The van der Waals surface area contributed by atoms with Crippen LogP contribution in [0.4, 0.5) is 0 Å². The summed E-state index contributed by atoms with van der Waals surface area (Å²) in [6.45, 7) is 1.97. The molecule has 1 aromatic rings. The van der Waals surface area contributed by atoms with Crippen LogP contribution in [0.25, 0.3) is 0 Å². The smallest absolute Gasteiger partial charge is 0.188 e. The van der Waals surface area contributed by atoms with Crippen molar-refractivity contribution in [2.24, 2.45) is 0 Å². The van der Waals surface area contributed by atoms with E-state index >= 15 is 0 Å². The Morgan fingerprint density at radius 2 is 1.92 bits per heavy atom. The van der Waals surface area contributed by atoms with E-state index in [1.165, 1.54) is 0 Å². The molecule has 3 nitrogen and oxygen atoms in total. The molecule has 0 aliphatic carbocycles. The summed E-state index contributed by atoms with van der Waals surface area (Å²) in [5.41, 5.74) is 1.12. The van der Waals surface area contributed by atoms with Crippen molar-refractivity contribution in [3.05, 3.63) is 35.9 Å². The van der Waals surface area contributed by atoms with Crippen molar-refractivity contribution in [2.45, 2.75) is 25.6 Å². The third-order valence-electron chi connectivity index (χ3n) is 2.05. The highest BCUT2D eigenvalue weighted by atomic mass is 17.1. The van der Waals surface area contributed by atoms with E-state index in [0.29, 0.717) is 6.42 Å². The summed E-state index contributed by atoms with van der Waals surface area (Å²) in [4.78, 5) is 3.80. The Morgan fingerprint density at radius 3 is 2.46 bits per heavy atom. The van der Waals surface area contributed by atoms with E-state index in [0.717, 1.165) is 5.56 Å². The SMILES string of the molecule is CC(CC(O)OO)c1ccccc1. The number of aliphatic hydroxyl groups excluding tert-OH is 1. The van der Waals surface area contributed by atoms with Crippen molar-refractivity contribution in [1.82, 2.24) is 0 Å². The van der Waals surface area contributed by atoms with Crippen LogP contribution in [-0.2, 0) is 4.89 Å². The van der Waals surface area contributed by atoms with Gasteiger partial charge in [0.2, 0.25) is 0 Å². The highest BCUT2D eigenvalue weighted by Crippen LogP contribution is 2.19. The Labute approximate surface area is 77.5 Å². The lowest BCUT2D eigenvalue weighted by Crippen LogP contribution is -2.12. The molecule has 1 aromatic carbocycles. The van der Waals surface area contributed by atoms with Crippen molar-refractivity contribution in [3.63, 3.8) is 0 Å². The molecule has 0 aliphatic heterocycles. The van der Waals surface area contributed by atoms with Gasteiger partial charge in [-0.15, -0.1) is 0 Å². The summed E-state index contributed by atoms with van der Waals surface area (Å²) >= 11 is 0. The molecule has 2 atom stereocenters. The van der Waals surface area contributed by atoms with E-state index in [9.17, 15) is 0 Å². The number of hydrogen-bond donors (Lipinski definition) is 2. The molecule has 72 valence electrons. The maximum Gasteiger partial charge on any atom is 0.188 e. The maximum absolute atomic E-state index is 9.02. The molecule has 2 N–H and O–H groups in total. The fourth-order valence-corrected chi connectivity index (χ4v) is 1.26. The monoisotopic (exact) mass is 182 g/mol. The lowest BCUT2D eigenvalue weighted by Gasteiger charge is -2.13. The van der Waals surface area contributed by atoms with Crippen molar-refractivity contribution in [2.75, 3.05) is 0 Å². The van der Waals surface area contributed by atoms with Gasteiger partial charge in [0, 0.05) is 6.42 Å². The first-order valence-corrected chi connectivity index (χ1v) is 4.27. The molecule has 0 aliphatic rings. The predicted molar refractivity (Wildman–Crippen MR) is 49.2 cm³/mol. The summed E-state index contributed by atoms with van der Waals surface area (Å²) in [5, 5.41) is 17.2. The van der Waals surface area contributed by atoms with Gasteiger partial charge in [-0.2, -0.15) is 0 Å². The van der Waals surface area contributed by atoms with Crippen molar-refractivity contribution < 1.29 is 15.3 Å². The maximum atomic E-state index is 9.02. The molecule has 0 bridgehead atoms. The fourth-order valence-electron chi connectivity index (χ4n) is 1.26. The number of rotatable bonds is 4. The minimum absolute atomic E-state index is 0.170. The third kappa shape index (κ3) is 3.14. The normalized spacial score (nSPS) is 15.3. The van der Waals surface area contributed by atoms with E-state index < -0.39 is 6.29 Å². The van der Waals surface area contributed by atoms with Gasteiger partial charge in [0.05, 0.1) is 0 Å². The highest BCUT2D eigenvalue weighted by Gasteiger charge is 2.11. The lowest BCUT2D eigenvalue weighted by molar-refractivity contribution is -0.336. The number of hydrogen-bond acceptors (Lipinski definition) is 3. The molecule has 2 unspecified atom stereocenters. The van der Waals surface area contributed by atoms with Gasteiger partial charge in [0.1, 0.15) is 0 Å². The second kappa shape index (κ2) is 4.97. The van der Waals surface area contributed by atoms with Crippen LogP contribution < -0.4 is 0 Å². The molecule has 1 rings (SSSR count).